The molecule has 2 aromatic heterocycles. The Labute approximate surface area is 211 Å². The van der Waals surface area contributed by atoms with Crippen molar-refractivity contribution in [3.63, 3.8) is 0 Å². The number of carbonyl (C=O) groups excluding carboxylic acids is 1. The van der Waals surface area contributed by atoms with Gasteiger partial charge in [0.15, 0.2) is 0 Å². The van der Waals surface area contributed by atoms with Crippen molar-refractivity contribution < 1.29 is 4.79 Å². The van der Waals surface area contributed by atoms with E-state index in [0.717, 1.165) is 33.6 Å². The van der Waals surface area contributed by atoms with Crippen LogP contribution in [0.2, 0.25) is 0 Å². The number of aryl methyl sites for hydroxylation is 2. The first-order valence-corrected chi connectivity index (χ1v) is 11.9. The molecule has 4 aromatic rings. The summed E-state index contributed by atoms with van der Waals surface area (Å²) in [6.07, 6.45) is 1.77. The van der Waals surface area contributed by atoms with Gasteiger partial charge in [-0.15, -0.1) is 0 Å². The summed E-state index contributed by atoms with van der Waals surface area (Å²) in [6.45, 7) is 6.69. The molecule has 2 N–H and O–H groups in total. The molecule has 0 aliphatic rings. The Morgan fingerprint density at radius 1 is 1.03 bits per heavy atom. The number of nitriles is 1. The number of hydrogen-bond donors (Lipinski definition) is 2. The smallest absolute Gasteiger partial charge is 0.247 e. The number of pyridine rings is 1. The lowest BCUT2D eigenvalue weighted by molar-refractivity contribution is -0.118. The molecule has 2 aromatic carbocycles. The zero-order valence-corrected chi connectivity index (χ0v) is 21.0. The molecule has 0 bridgehead atoms. The highest BCUT2D eigenvalue weighted by molar-refractivity contribution is 5.95. The summed E-state index contributed by atoms with van der Waals surface area (Å²) in [5.74, 6) is 0.466. The van der Waals surface area contributed by atoms with E-state index in [9.17, 15) is 4.79 Å². The second kappa shape index (κ2) is 11.0. The predicted octanol–water partition coefficient (Wildman–Crippen LogP) is 5.04. The highest BCUT2D eigenvalue weighted by Gasteiger charge is 2.22. The lowest BCUT2D eigenvalue weighted by atomic mass is 9.98. The minimum atomic E-state index is -0.545. The van der Waals surface area contributed by atoms with Crippen LogP contribution in [-0.4, -0.2) is 27.2 Å². The predicted molar refractivity (Wildman–Crippen MR) is 141 cm³/mol. The highest BCUT2D eigenvalue weighted by atomic mass is 16.2. The first-order chi connectivity index (χ1) is 17.4. The molecule has 0 saturated heterocycles. The van der Waals surface area contributed by atoms with E-state index < -0.39 is 6.04 Å². The van der Waals surface area contributed by atoms with Gasteiger partial charge in [-0.3, -0.25) is 9.48 Å². The van der Waals surface area contributed by atoms with Gasteiger partial charge in [0.05, 0.1) is 17.3 Å². The largest absolute Gasteiger partial charge is 0.309 e. The van der Waals surface area contributed by atoms with Crippen LogP contribution in [0.5, 0.6) is 0 Å². The number of aromatic nitrogens is 3. The van der Waals surface area contributed by atoms with Gasteiger partial charge < -0.3 is 10.6 Å². The normalized spacial score (nSPS) is 12.5. The van der Waals surface area contributed by atoms with E-state index in [1.54, 1.807) is 6.20 Å². The average molecular weight is 479 g/mol. The van der Waals surface area contributed by atoms with Crippen molar-refractivity contribution in [1.82, 2.24) is 20.1 Å². The minimum Gasteiger partial charge on any atom is -0.309 e. The number of carbonyl (C=O) groups is 1. The maximum atomic E-state index is 13.3. The molecule has 0 spiro atoms. The van der Waals surface area contributed by atoms with Crippen molar-refractivity contribution in [2.75, 3.05) is 11.9 Å². The summed E-state index contributed by atoms with van der Waals surface area (Å²) in [5, 5.41) is 19.9. The lowest BCUT2D eigenvalue weighted by Crippen LogP contribution is -2.35. The average Bonchev–Trinajstić information content (AvgIpc) is 3.16. The molecule has 0 saturated carbocycles. The van der Waals surface area contributed by atoms with Crippen molar-refractivity contribution >= 4 is 11.7 Å². The van der Waals surface area contributed by atoms with Crippen molar-refractivity contribution in [3.8, 4) is 17.2 Å². The van der Waals surface area contributed by atoms with E-state index in [0.29, 0.717) is 17.9 Å². The van der Waals surface area contributed by atoms with Gasteiger partial charge in [-0.05, 0) is 55.2 Å². The summed E-state index contributed by atoms with van der Waals surface area (Å²) in [5.41, 5.74) is 6.64. The first-order valence-electron chi connectivity index (χ1n) is 11.9. The molecule has 182 valence electrons. The minimum absolute atomic E-state index is 0.153. The van der Waals surface area contributed by atoms with Crippen LogP contribution in [0.4, 0.5) is 5.82 Å². The molecule has 4 rings (SSSR count). The Bertz CT molecular complexity index is 1370. The topological polar surface area (TPSA) is 95.6 Å². The highest BCUT2D eigenvalue weighted by Crippen LogP contribution is 2.27. The molecular weight excluding hydrogens is 448 g/mol. The van der Waals surface area contributed by atoms with Gasteiger partial charge in [-0.25, -0.2) is 4.98 Å². The van der Waals surface area contributed by atoms with Crippen LogP contribution < -0.4 is 10.6 Å². The number of nitrogens with zero attached hydrogens (tertiary/aromatic N) is 4. The van der Waals surface area contributed by atoms with Gasteiger partial charge in [0.1, 0.15) is 11.9 Å². The number of nitrogens with one attached hydrogen (secondary N) is 2. The van der Waals surface area contributed by atoms with Crippen LogP contribution >= 0.6 is 0 Å². The number of amides is 1. The van der Waals surface area contributed by atoms with Gasteiger partial charge in [-0.2, -0.15) is 10.4 Å². The number of hydrogen-bond acceptors (Lipinski definition) is 5. The van der Waals surface area contributed by atoms with Crippen LogP contribution in [0.3, 0.4) is 0 Å². The van der Waals surface area contributed by atoms with E-state index in [1.165, 1.54) is 0 Å². The van der Waals surface area contributed by atoms with Crippen LogP contribution in [0, 0.1) is 25.2 Å². The molecular formula is C29H30N6O. The second-order valence-electron chi connectivity index (χ2n) is 8.98. The summed E-state index contributed by atoms with van der Waals surface area (Å²) in [6, 6.07) is 22.6. The molecule has 7 heteroatoms. The van der Waals surface area contributed by atoms with Gasteiger partial charge in [0, 0.05) is 36.6 Å². The summed E-state index contributed by atoms with van der Waals surface area (Å²) < 4.78 is 1.86. The Morgan fingerprint density at radius 2 is 1.75 bits per heavy atom. The number of benzene rings is 2. The fraction of sp³-hybridized carbons (Fsp3) is 0.241. The van der Waals surface area contributed by atoms with Gasteiger partial charge in [0.2, 0.25) is 5.91 Å². The molecule has 2 heterocycles. The van der Waals surface area contributed by atoms with Crippen molar-refractivity contribution in [3.05, 3.63) is 101 Å². The monoisotopic (exact) mass is 478 g/mol. The molecule has 0 fully saturated rings. The Balaban J connectivity index is 1.48. The summed E-state index contributed by atoms with van der Waals surface area (Å²) >= 11 is 0. The Hall–Kier alpha value is -4.28. The molecule has 0 aliphatic heterocycles. The number of rotatable bonds is 8. The maximum absolute atomic E-state index is 13.3. The third-order valence-corrected chi connectivity index (χ3v) is 6.44. The van der Waals surface area contributed by atoms with Gasteiger partial charge in [-0.1, -0.05) is 49.4 Å². The van der Waals surface area contributed by atoms with Crippen molar-refractivity contribution in [2.24, 2.45) is 7.05 Å². The first kappa shape index (κ1) is 24.8. The third-order valence-electron chi connectivity index (χ3n) is 6.44. The zero-order chi connectivity index (χ0) is 25.7. The molecule has 2 atom stereocenters. The van der Waals surface area contributed by atoms with E-state index >= 15 is 0 Å². The Morgan fingerprint density at radius 3 is 2.33 bits per heavy atom. The maximum Gasteiger partial charge on any atom is 0.247 e. The Kier molecular flexibility index (Phi) is 7.57. The second-order valence-corrected chi connectivity index (χ2v) is 8.98. The zero-order valence-electron chi connectivity index (χ0n) is 21.0. The summed E-state index contributed by atoms with van der Waals surface area (Å²) in [7, 11) is 1.92. The molecule has 1 unspecified atom stereocenters. The molecule has 0 aliphatic carbocycles. The van der Waals surface area contributed by atoms with Crippen molar-refractivity contribution in [1.29, 1.82) is 5.26 Å². The standard InChI is InChI=1S/C29H30N6O/c1-19(23-12-10-22(16-30)11-13-23)17-32-28(24-8-6-5-7-9-24)29(36)33-26-15-14-25(18-31-26)27-20(2)34-35(4)21(27)3/h5-15,18-19,28,32H,17H2,1-4H3,(H,31,33,36)/t19?,28-/m0/s1. The molecule has 1 amide bonds. The van der Waals surface area contributed by atoms with Gasteiger partial charge >= 0.3 is 0 Å². The van der Waals surface area contributed by atoms with E-state index in [4.69, 9.17) is 5.26 Å². The van der Waals surface area contributed by atoms with Crippen LogP contribution in [0.25, 0.3) is 11.1 Å². The van der Waals surface area contributed by atoms with Crippen LogP contribution in [-0.2, 0) is 11.8 Å². The van der Waals surface area contributed by atoms with Crippen LogP contribution in [0.15, 0.2) is 72.9 Å². The molecule has 0 radical (unpaired) electrons. The van der Waals surface area contributed by atoms with Gasteiger partial charge in [0.25, 0.3) is 0 Å². The fourth-order valence-corrected chi connectivity index (χ4v) is 4.31. The van der Waals surface area contributed by atoms with Crippen molar-refractivity contribution in [2.45, 2.75) is 32.7 Å². The number of anilines is 1. The molecule has 36 heavy (non-hydrogen) atoms. The summed E-state index contributed by atoms with van der Waals surface area (Å²) in [4.78, 5) is 17.8. The molecule has 7 nitrogen and oxygen atoms in total. The van der Waals surface area contributed by atoms with E-state index in [2.05, 4.69) is 33.7 Å². The quantitative estimate of drug-likeness (QED) is 0.370. The lowest BCUT2D eigenvalue weighted by Gasteiger charge is -2.21. The van der Waals surface area contributed by atoms with E-state index in [-0.39, 0.29) is 11.8 Å². The SMILES string of the molecule is Cc1nn(C)c(C)c1-c1ccc(NC(=O)[C@@H](NCC(C)c2ccc(C#N)cc2)c2ccccc2)nc1. The third kappa shape index (κ3) is 5.51. The van der Waals surface area contributed by atoms with Crippen LogP contribution in [0.1, 0.15) is 47.0 Å². The fourth-order valence-electron chi connectivity index (χ4n) is 4.31. The van der Waals surface area contributed by atoms with E-state index in [1.807, 2.05) is 92.3 Å².